The lowest BCUT2D eigenvalue weighted by Crippen LogP contribution is -2.35. The van der Waals surface area contributed by atoms with Crippen molar-refractivity contribution in [2.75, 3.05) is 11.6 Å². The van der Waals surface area contributed by atoms with Crippen LogP contribution in [0.25, 0.3) is 6.08 Å². The molecule has 188 valence electrons. The molecule has 0 aliphatic carbocycles. The first-order valence-corrected chi connectivity index (χ1v) is 11.0. The van der Waals surface area contributed by atoms with E-state index in [2.05, 4.69) is 5.43 Å². The summed E-state index contributed by atoms with van der Waals surface area (Å²) in [5.41, 5.74) is 2.69. The molecule has 0 aromatic heterocycles. The largest absolute Gasteiger partial charge is 0.490 e. The Morgan fingerprint density at radius 2 is 1.70 bits per heavy atom. The van der Waals surface area contributed by atoms with Crippen LogP contribution in [-0.2, 0) is 16.2 Å². The Morgan fingerprint density at radius 3 is 2.38 bits per heavy atom. The molecule has 3 aromatic carbocycles. The number of rotatable bonds is 9. The Kier molecular flexibility index (Phi) is 7.09. The lowest BCUT2D eigenvalue weighted by molar-refractivity contribution is -0.386. The summed E-state index contributed by atoms with van der Waals surface area (Å²) < 4.78 is 11.2. The molecule has 1 N–H and O–H groups in total. The fraction of sp³-hybridized carbons (Fsp3) is 0.120. The number of carbonyl (C=O) groups is 2. The van der Waals surface area contributed by atoms with Crippen LogP contribution in [0.1, 0.15) is 18.1 Å². The quantitative estimate of drug-likeness (QED) is 0.199. The van der Waals surface area contributed by atoms with Gasteiger partial charge < -0.3 is 9.47 Å². The standard InChI is InChI=1S/C25H20N4O8/c1-2-36-22-14-17(12-20-24(30)26-27(25(20)31)18-8-4-3-5-9-18)13-21(29(34)35)23(22)37-15-16-7-6-10-19(11-16)28(32)33/h3-14H,2,15H2,1H3,(H,26,30)/b20-12-. The molecule has 12 nitrogen and oxygen atoms in total. The first-order chi connectivity index (χ1) is 17.8. The molecule has 0 unspecified atom stereocenters. The highest BCUT2D eigenvalue weighted by Gasteiger charge is 2.35. The van der Waals surface area contributed by atoms with Gasteiger partial charge in [-0.1, -0.05) is 30.3 Å². The number of hydrogen-bond donors (Lipinski definition) is 1. The number of amides is 2. The van der Waals surface area contributed by atoms with Gasteiger partial charge in [-0.05, 0) is 42.3 Å². The molecule has 1 saturated heterocycles. The highest BCUT2D eigenvalue weighted by atomic mass is 16.6. The third-order valence-corrected chi connectivity index (χ3v) is 5.28. The third-order valence-electron chi connectivity index (χ3n) is 5.28. The monoisotopic (exact) mass is 504 g/mol. The minimum atomic E-state index is -0.680. The zero-order valence-electron chi connectivity index (χ0n) is 19.5. The molecule has 4 rings (SSSR count). The van der Waals surface area contributed by atoms with E-state index < -0.39 is 27.3 Å². The Bertz CT molecular complexity index is 1420. The van der Waals surface area contributed by atoms with Crippen molar-refractivity contribution in [2.24, 2.45) is 0 Å². The van der Waals surface area contributed by atoms with Gasteiger partial charge in [0.15, 0.2) is 5.75 Å². The lowest BCUT2D eigenvalue weighted by Gasteiger charge is -2.14. The molecule has 0 bridgehead atoms. The molecule has 1 aliphatic rings. The second-order valence-electron chi connectivity index (χ2n) is 7.75. The SMILES string of the molecule is CCOc1cc(/C=C2/C(=O)NN(c3ccccc3)C2=O)cc([N+](=O)[O-])c1OCc1cccc([N+](=O)[O-])c1. The number of nitro benzene ring substituents is 2. The van der Waals surface area contributed by atoms with Crippen LogP contribution in [0.3, 0.4) is 0 Å². The molecule has 2 amide bonds. The number of carbonyl (C=O) groups excluding carboxylic acids is 2. The Hall–Kier alpha value is -5.26. The fourth-order valence-electron chi connectivity index (χ4n) is 3.63. The number of ether oxygens (including phenoxy) is 2. The maximum absolute atomic E-state index is 12.9. The predicted molar refractivity (Wildman–Crippen MR) is 132 cm³/mol. The third kappa shape index (κ3) is 5.37. The topological polar surface area (TPSA) is 154 Å². The number of nitrogens with one attached hydrogen (secondary N) is 1. The van der Waals surface area contributed by atoms with Crippen LogP contribution in [0.4, 0.5) is 17.1 Å². The van der Waals surface area contributed by atoms with Gasteiger partial charge in [-0.2, -0.15) is 0 Å². The summed E-state index contributed by atoms with van der Waals surface area (Å²) >= 11 is 0. The van der Waals surface area contributed by atoms with Crippen molar-refractivity contribution in [2.45, 2.75) is 13.5 Å². The van der Waals surface area contributed by atoms with Crippen molar-refractivity contribution in [3.05, 3.63) is 104 Å². The molecule has 3 aromatic rings. The zero-order valence-corrected chi connectivity index (χ0v) is 19.5. The van der Waals surface area contributed by atoms with Crippen LogP contribution in [0.15, 0.2) is 72.3 Å². The van der Waals surface area contributed by atoms with Crippen LogP contribution in [0.5, 0.6) is 11.5 Å². The van der Waals surface area contributed by atoms with Gasteiger partial charge in [0.2, 0.25) is 5.75 Å². The number of hydrazine groups is 1. The maximum Gasteiger partial charge on any atom is 0.315 e. The van der Waals surface area contributed by atoms with E-state index in [0.717, 1.165) is 11.1 Å². The Labute approximate surface area is 210 Å². The normalized spacial score (nSPS) is 14.0. The van der Waals surface area contributed by atoms with Gasteiger partial charge in [0.25, 0.3) is 17.5 Å². The van der Waals surface area contributed by atoms with E-state index in [-0.39, 0.29) is 41.5 Å². The van der Waals surface area contributed by atoms with Crippen molar-refractivity contribution in [3.63, 3.8) is 0 Å². The van der Waals surface area contributed by atoms with Gasteiger partial charge in [0, 0.05) is 18.2 Å². The van der Waals surface area contributed by atoms with Gasteiger partial charge >= 0.3 is 5.69 Å². The molecule has 1 heterocycles. The van der Waals surface area contributed by atoms with E-state index in [0.29, 0.717) is 11.3 Å². The van der Waals surface area contributed by atoms with Gasteiger partial charge in [0.05, 0.1) is 22.1 Å². The summed E-state index contributed by atoms with van der Waals surface area (Å²) in [4.78, 5) is 47.1. The van der Waals surface area contributed by atoms with E-state index in [9.17, 15) is 29.8 Å². The smallest absolute Gasteiger partial charge is 0.315 e. The molecule has 1 aliphatic heterocycles. The number of hydrogen-bond acceptors (Lipinski definition) is 8. The van der Waals surface area contributed by atoms with Crippen molar-refractivity contribution < 1.29 is 28.9 Å². The van der Waals surface area contributed by atoms with Crippen LogP contribution in [-0.4, -0.2) is 28.3 Å². The number of anilines is 1. The molecular formula is C25H20N4O8. The minimum Gasteiger partial charge on any atom is -0.490 e. The van der Waals surface area contributed by atoms with Crippen LogP contribution in [0, 0.1) is 20.2 Å². The van der Waals surface area contributed by atoms with E-state index >= 15 is 0 Å². The molecule has 0 saturated carbocycles. The average Bonchev–Trinajstić information content (AvgIpc) is 3.17. The van der Waals surface area contributed by atoms with E-state index in [1.165, 1.54) is 30.3 Å². The van der Waals surface area contributed by atoms with Crippen LogP contribution < -0.4 is 19.9 Å². The second kappa shape index (κ2) is 10.6. The molecule has 0 spiro atoms. The number of benzene rings is 3. The number of nitrogens with zero attached hydrogens (tertiary/aromatic N) is 3. The van der Waals surface area contributed by atoms with Gasteiger partial charge in [-0.3, -0.25) is 35.2 Å². The highest BCUT2D eigenvalue weighted by Crippen LogP contribution is 2.40. The number of non-ortho nitro benzene ring substituents is 1. The summed E-state index contributed by atoms with van der Waals surface area (Å²) in [5, 5.41) is 24.0. The summed E-state index contributed by atoms with van der Waals surface area (Å²) in [6.07, 6.45) is 1.24. The average molecular weight is 504 g/mol. The van der Waals surface area contributed by atoms with E-state index in [4.69, 9.17) is 9.47 Å². The molecule has 37 heavy (non-hydrogen) atoms. The fourth-order valence-corrected chi connectivity index (χ4v) is 3.63. The molecule has 1 fully saturated rings. The number of para-hydroxylation sites is 1. The van der Waals surface area contributed by atoms with E-state index in [1.54, 1.807) is 43.3 Å². The molecule has 0 atom stereocenters. The van der Waals surface area contributed by atoms with E-state index in [1.807, 2.05) is 0 Å². The lowest BCUT2D eigenvalue weighted by atomic mass is 10.1. The predicted octanol–water partition coefficient (Wildman–Crippen LogP) is 3.94. The summed E-state index contributed by atoms with van der Waals surface area (Å²) in [5.74, 6) is -1.46. The second-order valence-corrected chi connectivity index (χ2v) is 7.75. The van der Waals surface area contributed by atoms with Crippen molar-refractivity contribution >= 4 is 35.0 Å². The Morgan fingerprint density at radius 1 is 0.946 bits per heavy atom. The first kappa shape index (κ1) is 24.9. The summed E-state index contributed by atoms with van der Waals surface area (Å²) in [7, 11) is 0. The van der Waals surface area contributed by atoms with Crippen LogP contribution in [0.2, 0.25) is 0 Å². The summed E-state index contributed by atoms with van der Waals surface area (Å²) in [6, 6.07) is 16.7. The first-order valence-electron chi connectivity index (χ1n) is 11.0. The molecular weight excluding hydrogens is 484 g/mol. The van der Waals surface area contributed by atoms with Crippen molar-refractivity contribution in [1.29, 1.82) is 0 Å². The Balaban J connectivity index is 1.68. The summed E-state index contributed by atoms with van der Waals surface area (Å²) in [6.45, 7) is 1.62. The van der Waals surface area contributed by atoms with Crippen molar-refractivity contribution in [3.8, 4) is 11.5 Å². The molecule has 12 heteroatoms. The maximum atomic E-state index is 12.9. The van der Waals surface area contributed by atoms with Gasteiger partial charge in [-0.15, -0.1) is 0 Å². The van der Waals surface area contributed by atoms with Gasteiger partial charge in [0.1, 0.15) is 12.2 Å². The minimum absolute atomic E-state index is 0.0137. The number of nitro groups is 2. The van der Waals surface area contributed by atoms with Gasteiger partial charge in [-0.25, -0.2) is 5.01 Å². The van der Waals surface area contributed by atoms with Crippen molar-refractivity contribution in [1.82, 2.24) is 5.43 Å². The highest BCUT2D eigenvalue weighted by molar-refractivity contribution is 6.31. The van der Waals surface area contributed by atoms with Crippen LogP contribution >= 0.6 is 0 Å². The zero-order chi connectivity index (χ0) is 26.5. The molecule has 0 radical (unpaired) electrons.